The Labute approximate surface area is 177 Å². The molecule has 0 saturated heterocycles. The van der Waals surface area contributed by atoms with Crippen LogP contribution in [0.1, 0.15) is 41.7 Å². The van der Waals surface area contributed by atoms with Gasteiger partial charge in [-0.15, -0.1) is 0 Å². The molecule has 4 rings (SSSR count). The number of rotatable bonds is 4. The number of amides is 1. The molecule has 1 fully saturated rings. The molecule has 1 aliphatic carbocycles. The van der Waals surface area contributed by atoms with Crippen molar-refractivity contribution in [1.29, 1.82) is 0 Å². The number of hydrogen-bond acceptors (Lipinski definition) is 4. The Kier molecular flexibility index (Phi) is 5.13. The first kappa shape index (κ1) is 19.9. The number of nitrogens with two attached hydrogens (primary N) is 1. The highest BCUT2D eigenvalue weighted by molar-refractivity contribution is 14.1. The Bertz CT molecular complexity index is 1090. The first-order chi connectivity index (χ1) is 13.8. The molecule has 2 heterocycles. The van der Waals surface area contributed by atoms with Crippen LogP contribution in [0.5, 0.6) is 0 Å². The number of nitrogens with zero attached hydrogens (tertiary/aromatic N) is 3. The molecule has 0 aliphatic heterocycles. The Morgan fingerprint density at radius 2 is 1.97 bits per heavy atom. The van der Waals surface area contributed by atoms with Gasteiger partial charge >= 0.3 is 6.18 Å². The number of primary amides is 1. The molecule has 10 heteroatoms. The second kappa shape index (κ2) is 7.47. The number of halogens is 4. The number of benzene rings is 1. The lowest BCUT2D eigenvalue weighted by molar-refractivity contribution is -0.140. The Morgan fingerprint density at radius 1 is 1.24 bits per heavy atom. The fraction of sp³-hybridized carbons (Fsp3) is 0.316. The molecule has 3 aromatic rings. The van der Waals surface area contributed by atoms with Crippen LogP contribution < -0.4 is 11.1 Å². The average molecular weight is 515 g/mol. The maximum Gasteiger partial charge on any atom is 0.435 e. The van der Waals surface area contributed by atoms with E-state index in [1.807, 2.05) is 22.6 Å². The summed E-state index contributed by atoms with van der Waals surface area (Å²) in [7, 11) is 0. The zero-order valence-corrected chi connectivity index (χ0v) is 17.3. The highest BCUT2D eigenvalue weighted by Crippen LogP contribution is 2.37. The van der Waals surface area contributed by atoms with Gasteiger partial charge in [0, 0.05) is 21.4 Å². The lowest BCUT2D eigenvalue weighted by Crippen LogP contribution is -2.18. The minimum Gasteiger partial charge on any atom is -0.381 e. The van der Waals surface area contributed by atoms with Gasteiger partial charge in [-0.2, -0.15) is 18.3 Å². The molecule has 0 spiro atoms. The third-order valence-corrected chi connectivity index (χ3v) is 5.91. The third kappa shape index (κ3) is 3.77. The fourth-order valence-corrected chi connectivity index (χ4v) is 4.31. The molecule has 29 heavy (non-hydrogen) atoms. The first-order valence-corrected chi connectivity index (χ1v) is 10.1. The predicted molar refractivity (Wildman–Crippen MR) is 111 cm³/mol. The van der Waals surface area contributed by atoms with Crippen LogP contribution in [0.15, 0.2) is 30.5 Å². The molecular formula is C19H17F3IN5O. The number of alkyl halides is 3. The lowest BCUT2D eigenvalue weighted by atomic mass is 10.1. The molecule has 152 valence electrons. The van der Waals surface area contributed by atoms with Gasteiger partial charge in [0.05, 0.1) is 16.8 Å². The van der Waals surface area contributed by atoms with E-state index in [9.17, 15) is 18.0 Å². The molecule has 1 saturated carbocycles. The van der Waals surface area contributed by atoms with Crippen LogP contribution in [0.2, 0.25) is 0 Å². The normalized spacial score (nSPS) is 15.2. The van der Waals surface area contributed by atoms with Gasteiger partial charge in [0.15, 0.2) is 11.3 Å². The second-order valence-corrected chi connectivity index (χ2v) is 8.13. The maximum atomic E-state index is 13.6. The van der Waals surface area contributed by atoms with Gasteiger partial charge in [-0.3, -0.25) is 4.79 Å². The number of hydrogen-bond donors (Lipinski definition) is 2. The topological polar surface area (TPSA) is 85.8 Å². The maximum absolute atomic E-state index is 13.6. The number of aromatic nitrogens is 3. The summed E-state index contributed by atoms with van der Waals surface area (Å²) in [5, 5.41) is 7.17. The van der Waals surface area contributed by atoms with Crippen molar-refractivity contribution in [3.63, 3.8) is 0 Å². The summed E-state index contributed by atoms with van der Waals surface area (Å²) >= 11 is 1.85. The molecule has 0 radical (unpaired) electrons. The summed E-state index contributed by atoms with van der Waals surface area (Å²) in [6.45, 7) is 0. The van der Waals surface area contributed by atoms with Crippen LogP contribution in [-0.4, -0.2) is 26.7 Å². The van der Waals surface area contributed by atoms with Crippen LogP contribution in [0.25, 0.3) is 16.7 Å². The molecule has 6 nitrogen and oxygen atoms in total. The summed E-state index contributed by atoms with van der Waals surface area (Å²) < 4.78 is 42.5. The summed E-state index contributed by atoms with van der Waals surface area (Å²) in [5.41, 5.74) is 5.67. The molecule has 1 aliphatic rings. The number of nitrogens with one attached hydrogen (secondary N) is 1. The summed E-state index contributed by atoms with van der Waals surface area (Å²) in [6, 6.07) is 6.27. The van der Waals surface area contributed by atoms with Crippen LogP contribution in [-0.2, 0) is 6.18 Å². The molecular weight excluding hydrogens is 498 g/mol. The van der Waals surface area contributed by atoms with Crippen molar-refractivity contribution in [3.05, 3.63) is 45.3 Å². The average Bonchev–Trinajstić information content (AvgIpc) is 3.29. The highest BCUT2D eigenvalue weighted by atomic mass is 127. The van der Waals surface area contributed by atoms with Crippen LogP contribution in [0, 0.1) is 3.57 Å². The highest BCUT2D eigenvalue weighted by Gasteiger charge is 2.38. The van der Waals surface area contributed by atoms with E-state index in [-0.39, 0.29) is 22.6 Å². The van der Waals surface area contributed by atoms with Crippen molar-refractivity contribution in [2.75, 3.05) is 5.32 Å². The van der Waals surface area contributed by atoms with Crippen LogP contribution in [0.4, 0.5) is 18.9 Å². The standard InChI is InChI=1S/C19H17F3IN5O/c20-19(21,22)16-15-12(23)7-8-25-18(15)28(27-16)14-6-5-10(17(24)29)9-13(14)26-11-3-1-2-4-11/h5-9,11,26H,1-4H2,(H2,24,29). The van der Waals surface area contributed by atoms with Crippen molar-refractivity contribution < 1.29 is 18.0 Å². The molecule has 0 unspecified atom stereocenters. The summed E-state index contributed by atoms with van der Waals surface area (Å²) in [6.07, 6.45) is 0.868. The van der Waals surface area contributed by atoms with Crippen molar-refractivity contribution in [2.45, 2.75) is 37.9 Å². The minimum atomic E-state index is -4.63. The Morgan fingerprint density at radius 3 is 2.62 bits per heavy atom. The zero-order chi connectivity index (χ0) is 20.8. The van der Waals surface area contributed by atoms with E-state index < -0.39 is 17.8 Å². The van der Waals surface area contributed by atoms with Crippen molar-refractivity contribution in [1.82, 2.24) is 14.8 Å². The molecule has 1 amide bonds. The van der Waals surface area contributed by atoms with Crippen molar-refractivity contribution >= 4 is 45.2 Å². The second-order valence-electron chi connectivity index (χ2n) is 6.97. The molecule has 2 aromatic heterocycles. The number of anilines is 1. The number of fused-ring (bicyclic) bond motifs is 1. The van der Waals surface area contributed by atoms with E-state index in [2.05, 4.69) is 15.4 Å². The first-order valence-electron chi connectivity index (χ1n) is 9.07. The van der Waals surface area contributed by atoms with Gasteiger partial charge in [-0.05, 0) is 59.7 Å². The Hall–Kier alpha value is -2.37. The van der Waals surface area contributed by atoms with E-state index in [0.717, 1.165) is 25.7 Å². The van der Waals surface area contributed by atoms with Gasteiger partial charge in [0.25, 0.3) is 0 Å². The minimum absolute atomic E-state index is 0.0496. The van der Waals surface area contributed by atoms with E-state index in [1.165, 1.54) is 23.0 Å². The van der Waals surface area contributed by atoms with Crippen molar-refractivity contribution in [2.24, 2.45) is 5.73 Å². The van der Waals surface area contributed by atoms with E-state index in [0.29, 0.717) is 14.9 Å². The quantitative estimate of drug-likeness (QED) is 0.502. The summed E-state index contributed by atoms with van der Waals surface area (Å²) in [4.78, 5) is 15.8. The molecule has 0 atom stereocenters. The smallest absolute Gasteiger partial charge is 0.381 e. The number of carbonyl (C=O) groups excluding carboxylic acids is 1. The number of pyridine rings is 1. The van der Waals surface area contributed by atoms with Gasteiger partial charge < -0.3 is 11.1 Å². The lowest BCUT2D eigenvalue weighted by Gasteiger charge is -2.18. The fourth-order valence-electron chi connectivity index (χ4n) is 3.65. The zero-order valence-electron chi connectivity index (χ0n) is 15.1. The largest absolute Gasteiger partial charge is 0.435 e. The van der Waals surface area contributed by atoms with E-state index in [1.54, 1.807) is 12.1 Å². The van der Waals surface area contributed by atoms with Crippen LogP contribution in [0.3, 0.4) is 0 Å². The predicted octanol–water partition coefficient (Wildman–Crippen LogP) is 4.50. The summed E-state index contributed by atoms with van der Waals surface area (Å²) in [5.74, 6) is -0.611. The van der Waals surface area contributed by atoms with E-state index >= 15 is 0 Å². The molecule has 1 aromatic carbocycles. The van der Waals surface area contributed by atoms with Gasteiger partial charge in [-0.1, -0.05) is 12.8 Å². The van der Waals surface area contributed by atoms with Gasteiger partial charge in [-0.25, -0.2) is 9.67 Å². The van der Waals surface area contributed by atoms with Crippen LogP contribution >= 0.6 is 22.6 Å². The SMILES string of the molecule is NC(=O)c1ccc(-n2nc(C(F)(F)F)c3c(I)ccnc32)c(NC2CCCC2)c1. The molecule has 0 bridgehead atoms. The van der Waals surface area contributed by atoms with Gasteiger partial charge in [0.1, 0.15) is 0 Å². The number of carbonyl (C=O) groups is 1. The van der Waals surface area contributed by atoms with Crippen molar-refractivity contribution in [3.8, 4) is 5.69 Å². The monoisotopic (exact) mass is 515 g/mol. The Balaban J connectivity index is 1.93. The molecule has 3 N–H and O–H groups in total. The van der Waals surface area contributed by atoms with Gasteiger partial charge in [0.2, 0.25) is 5.91 Å². The third-order valence-electron chi connectivity index (χ3n) is 5.01. The van der Waals surface area contributed by atoms with E-state index in [4.69, 9.17) is 5.73 Å².